The molecule has 0 aliphatic carbocycles. The van der Waals surface area contributed by atoms with Crippen molar-refractivity contribution in [2.75, 3.05) is 21.3 Å². The molecule has 1 unspecified atom stereocenters. The molecule has 0 saturated heterocycles. The van der Waals surface area contributed by atoms with Crippen LogP contribution in [0.3, 0.4) is 0 Å². The van der Waals surface area contributed by atoms with Crippen molar-refractivity contribution in [1.82, 2.24) is 0 Å². The molecule has 0 aliphatic heterocycles. The summed E-state index contributed by atoms with van der Waals surface area (Å²) in [5.74, 6) is 1.43. The summed E-state index contributed by atoms with van der Waals surface area (Å²) in [6.07, 6.45) is -0.993. The quantitative estimate of drug-likeness (QED) is 0.884. The number of nitriles is 1. The average Bonchev–Trinajstić information content (AvgIpc) is 2.44. The van der Waals surface area contributed by atoms with Crippen LogP contribution in [0.5, 0.6) is 17.2 Å². The van der Waals surface area contributed by atoms with Crippen molar-refractivity contribution in [3.8, 4) is 23.3 Å². The highest BCUT2D eigenvalue weighted by Gasteiger charge is 2.32. The summed E-state index contributed by atoms with van der Waals surface area (Å²) in [6, 6.07) is 5.34. The minimum Gasteiger partial charge on any atom is -0.496 e. The van der Waals surface area contributed by atoms with Gasteiger partial charge in [-0.1, -0.05) is 0 Å². The van der Waals surface area contributed by atoms with Crippen molar-refractivity contribution in [2.24, 2.45) is 5.41 Å². The highest BCUT2D eigenvalue weighted by molar-refractivity contribution is 5.52. The molecule has 1 N–H and O–H groups in total. The monoisotopic (exact) mass is 265 g/mol. The smallest absolute Gasteiger partial charge is 0.164 e. The summed E-state index contributed by atoms with van der Waals surface area (Å²) in [7, 11) is 4.53. The molecule has 0 aromatic heterocycles. The Morgan fingerprint density at radius 3 is 1.95 bits per heavy atom. The fourth-order valence-electron chi connectivity index (χ4n) is 1.72. The molecule has 1 aromatic rings. The number of ether oxygens (including phenoxy) is 3. The minimum absolute atomic E-state index is 0.452. The number of benzene rings is 1. The van der Waals surface area contributed by atoms with Gasteiger partial charge >= 0.3 is 0 Å². The van der Waals surface area contributed by atoms with Gasteiger partial charge in [-0.2, -0.15) is 5.26 Å². The Labute approximate surface area is 113 Å². The Hall–Kier alpha value is -1.93. The van der Waals surface area contributed by atoms with Crippen molar-refractivity contribution in [2.45, 2.75) is 20.0 Å². The van der Waals surface area contributed by atoms with E-state index in [0.29, 0.717) is 22.8 Å². The van der Waals surface area contributed by atoms with Crippen molar-refractivity contribution in [1.29, 1.82) is 5.26 Å². The van der Waals surface area contributed by atoms with Gasteiger partial charge in [0.2, 0.25) is 0 Å². The van der Waals surface area contributed by atoms with E-state index in [-0.39, 0.29) is 0 Å². The maximum atomic E-state index is 10.3. The zero-order valence-electron chi connectivity index (χ0n) is 11.9. The van der Waals surface area contributed by atoms with E-state index in [1.807, 2.05) is 0 Å². The molecule has 0 radical (unpaired) electrons. The molecule has 0 aliphatic rings. The Kier molecular flexibility index (Phi) is 4.62. The maximum absolute atomic E-state index is 10.3. The van der Waals surface area contributed by atoms with Crippen LogP contribution in [0.25, 0.3) is 0 Å². The van der Waals surface area contributed by atoms with E-state index in [1.165, 1.54) is 21.3 Å². The molecule has 5 heteroatoms. The molecule has 104 valence electrons. The van der Waals surface area contributed by atoms with Crippen LogP contribution >= 0.6 is 0 Å². The summed E-state index contributed by atoms with van der Waals surface area (Å²) >= 11 is 0. The van der Waals surface area contributed by atoms with Crippen LogP contribution in [0.4, 0.5) is 0 Å². The van der Waals surface area contributed by atoms with Gasteiger partial charge in [0.05, 0.1) is 32.8 Å². The number of hydrogen-bond acceptors (Lipinski definition) is 5. The molecule has 1 aromatic carbocycles. The average molecular weight is 265 g/mol. The van der Waals surface area contributed by atoms with Gasteiger partial charge < -0.3 is 19.3 Å². The Morgan fingerprint density at radius 1 is 1.05 bits per heavy atom. The van der Waals surface area contributed by atoms with Crippen LogP contribution in [0.2, 0.25) is 0 Å². The second-order valence-corrected chi connectivity index (χ2v) is 4.69. The predicted molar refractivity (Wildman–Crippen MR) is 70.5 cm³/mol. The van der Waals surface area contributed by atoms with Crippen LogP contribution < -0.4 is 14.2 Å². The zero-order valence-corrected chi connectivity index (χ0v) is 11.9. The van der Waals surface area contributed by atoms with E-state index in [4.69, 9.17) is 19.5 Å². The third kappa shape index (κ3) is 2.91. The molecule has 0 fully saturated rings. The second-order valence-electron chi connectivity index (χ2n) is 4.69. The van der Waals surface area contributed by atoms with Gasteiger partial charge in [0.25, 0.3) is 0 Å². The topological polar surface area (TPSA) is 71.7 Å². The van der Waals surface area contributed by atoms with E-state index >= 15 is 0 Å². The molecule has 5 nitrogen and oxygen atoms in total. The van der Waals surface area contributed by atoms with Crippen LogP contribution in [0.1, 0.15) is 25.5 Å². The van der Waals surface area contributed by atoms with E-state index in [1.54, 1.807) is 26.0 Å². The Bertz CT molecular complexity index is 491. The van der Waals surface area contributed by atoms with Gasteiger partial charge in [0.1, 0.15) is 11.9 Å². The third-order valence-electron chi connectivity index (χ3n) is 3.00. The fraction of sp³-hybridized carbons (Fsp3) is 0.500. The molecule has 1 rings (SSSR count). The summed E-state index contributed by atoms with van der Waals surface area (Å²) in [6.45, 7) is 3.32. The zero-order chi connectivity index (χ0) is 14.6. The van der Waals surface area contributed by atoms with Gasteiger partial charge in [0.15, 0.2) is 11.5 Å². The molecule has 0 amide bonds. The van der Waals surface area contributed by atoms with Gasteiger partial charge in [0, 0.05) is 11.6 Å². The fourth-order valence-corrected chi connectivity index (χ4v) is 1.72. The van der Waals surface area contributed by atoms with Crippen molar-refractivity contribution in [3.05, 3.63) is 17.7 Å². The lowest BCUT2D eigenvalue weighted by atomic mass is 9.83. The minimum atomic E-state index is -0.993. The molecule has 1 atom stereocenters. The summed E-state index contributed by atoms with van der Waals surface area (Å²) in [5, 5.41) is 19.5. The first-order valence-electron chi connectivity index (χ1n) is 5.80. The predicted octanol–water partition coefficient (Wildman–Crippen LogP) is 2.30. The van der Waals surface area contributed by atoms with Crippen molar-refractivity contribution < 1.29 is 19.3 Å². The lowest BCUT2D eigenvalue weighted by Crippen LogP contribution is -2.20. The number of methoxy groups -OCH3 is 3. The molecular formula is C14H19NO4. The normalized spacial score (nSPS) is 12.5. The second kappa shape index (κ2) is 5.81. The van der Waals surface area contributed by atoms with Gasteiger partial charge in [-0.3, -0.25) is 0 Å². The Morgan fingerprint density at radius 2 is 1.53 bits per heavy atom. The molecule has 0 heterocycles. The number of rotatable bonds is 5. The van der Waals surface area contributed by atoms with Crippen LogP contribution in [-0.4, -0.2) is 26.4 Å². The van der Waals surface area contributed by atoms with Crippen LogP contribution in [-0.2, 0) is 0 Å². The molecule has 0 bridgehead atoms. The standard InChI is InChI=1S/C14H19NO4/c1-14(2,8-15)13(16)9-6-11(18-4)12(19-5)7-10(9)17-3/h6-7,13,16H,1-5H3. The SMILES string of the molecule is COc1cc(OC)c(C(O)C(C)(C)C#N)cc1OC. The van der Waals surface area contributed by atoms with Gasteiger partial charge in [-0.05, 0) is 19.9 Å². The van der Waals surface area contributed by atoms with E-state index in [9.17, 15) is 5.11 Å². The largest absolute Gasteiger partial charge is 0.496 e. The molecule has 19 heavy (non-hydrogen) atoms. The number of hydrogen-bond donors (Lipinski definition) is 1. The maximum Gasteiger partial charge on any atom is 0.164 e. The first-order valence-corrected chi connectivity index (χ1v) is 5.80. The van der Waals surface area contributed by atoms with E-state index in [0.717, 1.165) is 0 Å². The van der Waals surface area contributed by atoms with E-state index in [2.05, 4.69) is 6.07 Å². The number of nitrogens with zero attached hydrogens (tertiary/aromatic N) is 1. The number of aliphatic hydroxyl groups is 1. The highest BCUT2D eigenvalue weighted by atomic mass is 16.5. The summed E-state index contributed by atoms with van der Waals surface area (Å²) in [5.41, 5.74) is -0.445. The van der Waals surface area contributed by atoms with Gasteiger partial charge in [-0.25, -0.2) is 0 Å². The first-order chi connectivity index (χ1) is 8.91. The van der Waals surface area contributed by atoms with Crippen LogP contribution in [0.15, 0.2) is 12.1 Å². The molecule has 0 spiro atoms. The summed E-state index contributed by atoms with van der Waals surface area (Å²) < 4.78 is 15.6. The molecular weight excluding hydrogens is 246 g/mol. The van der Waals surface area contributed by atoms with E-state index < -0.39 is 11.5 Å². The molecule has 0 saturated carbocycles. The van der Waals surface area contributed by atoms with Crippen molar-refractivity contribution in [3.63, 3.8) is 0 Å². The Balaban J connectivity index is 3.38. The lowest BCUT2D eigenvalue weighted by Gasteiger charge is -2.25. The lowest BCUT2D eigenvalue weighted by molar-refractivity contribution is 0.0838. The van der Waals surface area contributed by atoms with Crippen LogP contribution in [0, 0.1) is 16.7 Å². The highest BCUT2D eigenvalue weighted by Crippen LogP contribution is 2.42. The third-order valence-corrected chi connectivity index (χ3v) is 3.00. The first kappa shape index (κ1) is 15.1. The van der Waals surface area contributed by atoms with Crippen molar-refractivity contribution >= 4 is 0 Å². The number of aliphatic hydroxyl groups excluding tert-OH is 1. The van der Waals surface area contributed by atoms with Gasteiger partial charge in [-0.15, -0.1) is 0 Å². The summed E-state index contributed by atoms with van der Waals surface area (Å²) in [4.78, 5) is 0.